The molecule has 0 unspecified atom stereocenters. The van der Waals surface area contributed by atoms with E-state index in [-0.39, 0.29) is 5.69 Å². The summed E-state index contributed by atoms with van der Waals surface area (Å²) in [5.41, 5.74) is 3.54. The van der Waals surface area contributed by atoms with Gasteiger partial charge in [-0.1, -0.05) is 0 Å². The number of aromatic nitrogens is 3. The molecule has 2 aromatic heterocycles. The maximum absolute atomic E-state index is 11.6. The van der Waals surface area contributed by atoms with Gasteiger partial charge < -0.3 is 9.40 Å². The second-order valence-corrected chi connectivity index (χ2v) is 4.57. The maximum Gasteiger partial charge on any atom is 0.419 e. The number of nitrogens with one attached hydrogen (secondary N) is 1. The van der Waals surface area contributed by atoms with Crippen LogP contribution in [0.15, 0.2) is 32.2 Å². The molecule has 1 aromatic carbocycles. The lowest BCUT2D eigenvalue weighted by molar-refractivity contribution is 0.528. The molecule has 6 heteroatoms. The zero-order chi connectivity index (χ0) is 13.7. The molecule has 6 nitrogen and oxygen atoms in total. The van der Waals surface area contributed by atoms with Crippen LogP contribution in [0.1, 0.15) is 5.69 Å². The van der Waals surface area contributed by atoms with Gasteiger partial charge in [0.2, 0.25) is 0 Å². The molecule has 1 N–H and O–H groups in total. The third kappa shape index (κ3) is 1.56. The first-order valence-electron chi connectivity index (χ1n) is 5.84. The second kappa shape index (κ2) is 3.74. The van der Waals surface area contributed by atoms with Gasteiger partial charge in [-0.25, -0.2) is 9.59 Å². The monoisotopic (exact) mass is 259 g/mol. The number of aryl methyl sites for hydroxylation is 2. The van der Waals surface area contributed by atoms with E-state index in [1.165, 1.54) is 4.57 Å². The number of benzene rings is 1. The lowest BCUT2D eigenvalue weighted by Crippen LogP contribution is -2.13. The Kier molecular flexibility index (Phi) is 2.28. The molecule has 2 heterocycles. The Balaban J connectivity index is 2.34. The van der Waals surface area contributed by atoms with Crippen molar-refractivity contribution in [3.8, 4) is 11.3 Å². The molecule has 0 aliphatic heterocycles. The zero-order valence-corrected chi connectivity index (χ0v) is 10.9. The van der Waals surface area contributed by atoms with Crippen molar-refractivity contribution < 1.29 is 4.42 Å². The number of hydrogen-bond acceptors (Lipinski definition) is 3. The van der Waals surface area contributed by atoms with Crippen LogP contribution in [0.4, 0.5) is 0 Å². The molecule has 0 saturated heterocycles. The van der Waals surface area contributed by atoms with Crippen molar-refractivity contribution in [3.05, 3.63) is 44.9 Å². The zero-order valence-electron chi connectivity index (χ0n) is 10.9. The Morgan fingerprint density at radius 1 is 1.16 bits per heavy atom. The molecule has 0 amide bonds. The molecule has 0 aliphatic rings. The van der Waals surface area contributed by atoms with E-state index in [2.05, 4.69) is 4.98 Å². The van der Waals surface area contributed by atoms with Crippen molar-refractivity contribution in [1.82, 2.24) is 14.1 Å². The van der Waals surface area contributed by atoms with Gasteiger partial charge in [-0.2, -0.15) is 0 Å². The predicted molar refractivity (Wildman–Crippen MR) is 71.2 cm³/mol. The molecule has 0 aliphatic carbocycles. The molecule has 0 atom stereocenters. The number of rotatable bonds is 1. The highest BCUT2D eigenvalue weighted by atomic mass is 16.4. The Hall–Kier alpha value is -2.50. The van der Waals surface area contributed by atoms with Gasteiger partial charge in [0.05, 0.1) is 11.2 Å². The average Bonchev–Trinajstić information content (AvgIpc) is 2.78. The van der Waals surface area contributed by atoms with E-state index in [9.17, 15) is 9.59 Å². The summed E-state index contributed by atoms with van der Waals surface area (Å²) >= 11 is 0. The number of aromatic amines is 1. The fraction of sp³-hybridized carbons (Fsp3) is 0.231. The first-order valence-corrected chi connectivity index (χ1v) is 5.84. The van der Waals surface area contributed by atoms with Crippen LogP contribution in [-0.4, -0.2) is 14.1 Å². The molecule has 98 valence electrons. The fourth-order valence-corrected chi connectivity index (χ4v) is 2.34. The van der Waals surface area contributed by atoms with Crippen LogP contribution in [0.5, 0.6) is 0 Å². The molecule has 3 aromatic rings. The van der Waals surface area contributed by atoms with Crippen LogP contribution in [0.25, 0.3) is 22.4 Å². The van der Waals surface area contributed by atoms with Gasteiger partial charge >= 0.3 is 11.4 Å². The number of oxazole rings is 1. The lowest BCUT2D eigenvalue weighted by atomic mass is 10.1. The van der Waals surface area contributed by atoms with Crippen LogP contribution in [-0.2, 0) is 14.1 Å². The molecule has 19 heavy (non-hydrogen) atoms. The predicted octanol–water partition coefficient (Wildman–Crippen LogP) is 1.13. The molecule has 3 rings (SSSR count). The summed E-state index contributed by atoms with van der Waals surface area (Å²) in [5, 5.41) is 0. The van der Waals surface area contributed by atoms with Gasteiger partial charge in [0, 0.05) is 25.4 Å². The largest absolute Gasteiger partial charge is 0.419 e. The van der Waals surface area contributed by atoms with Crippen LogP contribution in [0.2, 0.25) is 0 Å². The number of H-pyrrole nitrogens is 1. The number of fused-ring (bicyclic) bond motifs is 1. The quantitative estimate of drug-likeness (QED) is 0.712. The second-order valence-electron chi connectivity index (χ2n) is 4.57. The molecular weight excluding hydrogens is 246 g/mol. The highest BCUT2D eigenvalue weighted by Gasteiger charge is 2.13. The average molecular weight is 259 g/mol. The van der Waals surface area contributed by atoms with E-state index in [4.69, 9.17) is 4.42 Å². The van der Waals surface area contributed by atoms with E-state index >= 15 is 0 Å². The Labute approximate surface area is 107 Å². The van der Waals surface area contributed by atoms with Crippen LogP contribution >= 0.6 is 0 Å². The summed E-state index contributed by atoms with van der Waals surface area (Å²) in [6.45, 7) is 1.84. The van der Waals surface area contributed by atoms with E-state index in [0.29, 0.717) is 11.1 Å². The third-order valence-electron chi connectivity index (χ3n) is 3.35. The summed E-state index contributed by atoms with van der Waals surface area (Å²) in [4.78, 5) is 25.8. The summed E-state index contributed by atoms with van der Waals surface area (Å²) in [6, 6.07) is 5.42. The Morgan fingerprint density at radius 3 is 2.53 bits per heavy atom. The Bertz CT molecular complexity index is 892. The summed E-state index contributed by atoms with van der Waals surface area (Å²) in [5.74, 6) is -0.396. The van der Waals surface area contributed by atoms with Crippen molar-refractivity contribution in [2.24, 2.45) is 14.1 Å². The van der Waals surface area contributed by atoms with Crippen molar-refractivity contribution >= 4 is 11.1 Å². The minimum absolute atomic E-state index is 0.159. The van der Waals surface area contributed by atoms with Crippen LogP contribution in [0.3, 0.4) is 0 Å². The first kappa shape index (κ1) is 11.6. The third-order valence-corrected chi connectivity index (χ3v) is 3.35. The van der Waals surface area contributed by atoms with E-state index < -0.39 is 5.76 Å². The van der Waals surface area contributed by atoms with Crippen molar-refractivity contribution in [2.75, 3.05) is 0 Å². The van der Waals surface area contributed by atoms with Crippen molar-refractivity contribution in [2.45, 2.75) is 6.92 Å². The topological polar surface area (TPSA) is 72.9 Å². The maximum atomic E-state index is 11.6. The summed E-state index contributed by atoms with van der Waals surface area (Å²) in [7, 11) is 3.36. The van der Waals surface area contributed by atoms with Gasteiger partial charge in [-0.3, -0.25) is 9.13 Å². The minimum Gasteiger partial charge on any atom is -0.408 e. The summed E-state index contributed by atoms with van der Waals surface area (Å²) in [6.07, 6.45) is 0. The standard InChI is InChI=1S/C13H13N3O3/c1-7-11(16(3)12(17)14-7)8-4-5-10-9(6-8)15(2)13(18)19-10/h4-6H,1-3H3,(H,14,17). The fourth-order valence-electron chi connectivity index (χ4n) is 2.34. The highest BCUT2D eigenvalue weighted by Crippen LogP contribution is 2.24. The van der Waals surface area contributed by atoms with Gasteiger partial charge in [-0.05, 0) is 25.1 Å². The molecule has 0 spiro atoms. The first-order chi connectivity index (χ1) is 8.99. The molecule has 0 bridgehead atoms. The molecule has 0 saturated carbocycles. The molecule has 0 radical (unpaired) electrons. The van der Waals surface area contributed by atoms with E-state index in [1.54, 1.807) is 24.7 Å². The highest BCUT2D eigenvalue weighted by molar-refractivity contribution is 5.80. The van der Waals surface area contributed by atoms with Crippen LogP contribution in [0, 0.1) is 6.92 Å². The summed E-state index contributed by atoms with van der Waals surface area (Å²) < 4.78 is 8.08. The van der Waals surface area contributed by atoms with Gasteiger partial charge in [0.1, 0.15) is 0 Å². The van der Waals surface area contributed by atoms with Crippen molar-refractivity contribution in [3.63, 3.8) is 0 Å². The molecule has 0 fully saturated rings. The number of imidazole rings is 1. The molecular formula is C13H13N3O3. The SMILES string of the molecule is Cc1[nH]c(=O)n(C)c1-c1ccc2oc(=O)n(C)c2c1. The minimum atomic E-state index is -0.396. The van der Waals surface area contributed by atoms with Gasteiger partial charge in [0.15, 0.2) is 5.58 Å². The van der Waals surface area contributed by atoms with Gasteiger partial charge in [-0.15, -0.1) is 0 Å². The van der Waals surface area contributed by atoms with Crippen LogP contribution < -0.4 is 11.4 Å². The number of nitrogens with zero attached hydrogens (tertiary/aromatic N) is 2. The number of hydrogen-bond donors (Lipinski definition) is 1. The van der Waals surface area contributed by atoms with Gasteiger partial charge in [0.25, 0.3) is 0 Å². The smallest absolute Gasteiger partial charge is 0.408 e. The Morgan fingerprint density at radius 2 is 1.89 bits per heavy atom. The normalized spacial score (nSPS) is 11.3. The van der Waals surface area contributed by atoms with E-state index in [0.717, 1.165) is 17.0 Å². The van der Waals surface area contributed by atoms with Crippen molar-refractivity contribution in [1.29, 1.82) is 0 Å². The van der Waals surface area contributed by atoms with E-state index in [1.807, 2.05) is 19.1 Å². The lowest BCUT2D eigenvalue weighted by Gasteiger charge is -2.04.